The van der Waals surface area contributed by atoms with Crippen LogP contribution in [-0.2, 0) is 43.1 Å². The van der Waals surface area contributed by atoms with Gasteiger partial charge in [0.2, 0.25) is 59.3 Å². The molecule has 10 amide bonds. The molecule has 6 aromatic carbocycles. The molecule has 1 saturated heterocycles. The van der Waals surface area contributed by atoms with Crippen LogP contribution in [-0.4, -0.2) is 182 Å². The van der Waals surface area contributed by atoms with E-state index in [1.54, 1.807) is 18.2 Å². The predicted octanol–water partition coefficient (Wildman–Crippen LogP) is 5.63. The summed E-state index contributed by atoms with van der Waals surface area (Å²) in [6.45, 7) is 10.1. The van der Waals surface area contributed by atoms with Crippen molar-refractivity contribution in [3.63, 3.8) is 0 Å². The van der Waals surface area contributed by atoms with Gasteiger partial charge in [-0.15, -0.1) is 0 Å². The molecule has 0 aromatic heterocycles. The number of anilines is 3. The van der Waals surface area contributed by atoms with Crippen LogP contribution in [0.2, 0.25) is 5.02 Å². The van der Waals surface area contributed by atoms with Gasteiger partial charge < -0.3 is 124 Å². The Kier molecular flexibility index (Phi) is 27.0. The summed E-state index contributed by atoms with van der Waals surface area (Å²) in [5.74, 6) is -12.6. The number of amides is 10. The number of urea groups is 1. The van der Waals surface area contributed by atoms with E-state index in [9.17, 15) is 55.2 Å². The highest BCUT2D eigenvalue weighted by Crippen LogP contribution is 2.55. The van der Waals surface area contributed by atoms with E-state index in [0.29, 0.717) is 30.6 Å². The first-order valence-corrected chi connectivity index (χ1v) is 41.0. The van der Waals surface area contributed by atoms with E-state index >= 15 is 28.8 Å². The molecule has 5 fully saturated rings. The van der Waals surface area contributed by atoms with E-state index in [4.69, 9.17) is 36.3 Å². The summed E-state index contributed by atoms with van der Waals surface area (Å²) in [5, 5.41) is 128. The fraction of sp³-hybridized carbons (Fsp3) is 0.471. The van der Waals surface area contributed by atoms with Crippen molar-refractivity contribution in [3.05, 3.63) is 135 Å². The Morgan fingerprint density at radius 3 is 1.91 bits per heavy atom. The van der Waals surface area contributed by atoms with Gasteiger partial charge in [-0.05, 0) is 201 Å². The van der Waals surface area contributed by atoms with Crippen LogP contribution in [0.15, 0.2) is 97.1 Å². The first-order valence-electron chi connectivity index (χ1n) is 40.7. The van der Waals surface area contributed by atoms with Crippen molar-refractivity contribution < 1.29 is 103 Å². The minimum absolute atomic E-state index is 0.0366. The quantitative estimate of drug-likeness (QED) is 0.0388. The molecule has 6 heterocycles. The monoisotopic (exact) mass is 1680 g/mol. The number of aromatic hydroxyl groups is 3. The molecule has 6 aromatic rings. The molecular weight excluding hydrogens is 1570 g/mol. The first kappa shape index (κ1) is 86.8. The number of unbranched alkanes of at least 4 members (excludes halogenated alkanes) is 2. The minimum Gasteiger partial charge on any atom is -0.508 e. The molecule has 35 heteroatoms. The molecule has 14 atom stereocenters. The Labute approximate surface area is 696 Å². The zero-order chi connectivity index (χ0) is 85.8. The number of aliphatic hydroxyl groups excluding tert-OH is 5. The molecule has 34 nitrogen and oxygen atoms in total. The van der Waals surface area contributed by atoms with Gasteiger partial charge in [0.1, 0.15) is 102 Å². The SMILES string of the molecule is CCCCNc1ccc(NC(=O)NC(=O)C[C@@H]2NC(=O)[C@H](NC(=O)[C@@H](CC(C)C)NC)[C@H](O)c3ccc(c(C)c3)Oc3cc4cc(c3O[C@@H]3O[C@H](CN)[C@@H](O)[C@H](O)[C@H]3O)Oc3ccc(cc3Cl)[C@@H](O)[C@@H]3NC(=O)[C@H](NC(=O)[C@@H]4NC2=O)c2ccc(O)c(c2)-c2c(O)cc(O)cc2[C@@H](C(=O)NC2C4CC5CC(C4)CC2C5)NC3=O)cc1NCCCC. The summed E-state index contributed by atoms with van der Waals surface area (Å²) >= 11 is 7.21. The van der Waals surface area contributed by atoms with E-state index < -0.39 is 192 Å². The van der Waals surface area contributed by atoms with Crippen LogP contribution < -0.4 is 83.7 Å². The molecule has 6 aliphatic heterocycles. The molecule has 0 radical (unpaired) electrons. The second-order valence-electron chi connectivity index (χ2n) is 32.6. The van der Waals surface area contributed by atoms with Gasteiger partial charge in [0.15, 0.2) is 11.5 Å². The number of ether oxygens (including phenoxy) is 4. The van der Waals surface area contributed by atoms with E-state index in [0.717, 1.165) is 106 Å². The number of phenolic OH excluding ortho intramolecular Hbond substituents is 3. The van der Waals surface area contributed by atoms with E-state index in [2.05, 4.69) is 63.8 Å². The van der Waals surface area contributed by atoms with E-state index in [-0.39, 0.29) is 91.4 Å². The predicted molar refractivity (Wildman–Crippen MR) is 437 cm³/mol. The molecule has 642 valence electrons. The zero-order valence-corrected chi connectivity index (χ0v) is 67.8. The Bertz CT molecular complexity index is 4870. The third-order valence-corrected chi connectivity index (χ3v) is 23.7. The number of likely N-dealkylation sites (N-methyl/N-ethyl adjacent to an activating group) is 1. The number of imide groups is 1. The lowest BCUT2D eigenvalue weighted by Gasteiger charge is -2.54. The molecule has 16 rings (SSSR count). The molecule has 4 aliphatic carbocycles. The Morgan fingerprint density at radius 1 is 0.625 bits per heavy atom. The lowest BCUT2D eigenvalue weighted by Crippen LogP contribution is -2.60. The highest BCUT2D eigenvalue weighted by Gasteiger charge is 2.51. The standard InChI is InChI=1S/C85H104ClN13O21/c1-7-9-19-89-52-15-14-47(32-53(52)90-20-10-8-2)91-85(116)93-63(103)35-55-78(110)95-67-46-30-60(117-58-17-12-42(22-38(58)5)71(104)69(82(114)92-55)98-77(109)54(88-6)21-37(3)4)76(120-84-75(108)74(107)73(106)62(36-87)119-84)61(31-46)118-59-18-13-43(29-51(59)86)72(105)70-83(115)97-68(81(113)94-65-44-24-39-23-40(26-44)27-45(65)25-39)50-33-48(100)34-57(102)64(50)49-28-41(11-16-56(49)101)66(79(111)99-70)96-80(67)112/h11-18,22,28-34,37,39-40,44-45,54-55,62,65-75,84,88-90,100-102,104-108H,7-10,19-21,23-27,35-36,87H2,1-6H3,(H,92,114)(H,94,113)(H,95,110)(H,96,112)(H,97,115)(H,98,109)(H,99,111)(H2,91,93,103,116)/t39?,40?,44?,45?,54-,55+,62-,65?,66-,67-,68+,69-,70+,71-,72-,73-,74+,75-,84+/m1/s1. The number of carbonyl (C=O) groups excluding carboxylic acids is 9. The van der Waals surface area contributed by atoms with Crippen LogP contribution in [0.1, 0.15) is 162 Å². The van der Waals surface area contributed by atoms with Gasteiger partial charge in [0.05, 0.1) is 28.9 Å². The molecule has 120 heavy (non-hydrogen) atoms. The molecule has 22 N–H and O–H groups in total. The van der Waals surface area contributed by atoms with Gasteiger partial charge in [-0.25, -0.2) is 4.79 Å². The van der Waals surface area contributed by atoms with Gasteiger partial charge in [-0.2, -0.15) is 0 Å². The first-order chi connectivity index (χ1) is 57.4. The van der Waals surface area contributed by atoms with Crippen molar-refractivity contribution in [1.82, 2.24) is 47.9 Å². The molecule has 0 unspecified atom stereocenters. The van der Waals surface area contributed by atoms with Crippen LogP contribution in [0.4, 0.5) is 21.9 Å². The van der Waals surface area contributed by atoms with Crippen molar-refractivity contribution in [3.8, 4) is 57.1 Å². The Morgan fingerprint density at radius 2 is 1.26 bits per heavy atom. The van der Waals surface area contributed by atoms with Crippen LogP contribution in [0.25, 0.3) is 11.1 Å². The maximum atomic E-state index is 16.5. The molecule has 10 aliphatic rings. The van der Waals surface area contributed by atoms with E-state index in [1.165, 1.54) is 50.4 Å². The largest absolute Gasteiger partial charge is 0.508 e. The molecule has 15 bridgehead atoms. The number of benzene rings is 6. The molecule has 0 spiro atoms. The lowest BCUT2D eigenvalue weighted by atomic mass is 9.54. The van der Waals surface area contributed by atoms with Crippen LogP contribution in [0, 0.1) is 36.5 Å². The normalized spacial score (nSPS) is 27.2. The van der Waals surface area contributed by atoms with Crippen molar-refractivity contribution in [2.75, 3.05) is 42.6 Å². The molecular formula is C85H104ClN13O21. The zero-order valence-electron chi connectivity index (χ0n) is 67.0. The van der Waals surface area contributed by atoms with Gasteiger partial charge in [-0.3, -0.25) is 43.7 Å². The van der Waals surface area contributed by atoms with Crippen molar-refractivity contribution in [2.45, 2.75) is 196 Å². The number of hydrogen-bond acceptors (Lipinski definition) is 25. The summed E-state index contributed by atoms with van der Waals surface area (Å²) < 4.78 is 26.0. The topological polar surface area (TPSA) is 523 Å². The maximum Gasteiger partial charge on any atom is 0.325 e. The Hall–Kier alpha value is -11.1. The van der Waals surface area contributed by atoms with Crippen molar-refractivity contribution >= 4 is 82.0 Å². The number of nitrogens with two attached hydrogens (primary N) is 1. The minimum atomic E-state index is -2.34. The number of phenols is 3. The summed E-state index contributed by atoms with van der Waals surface area (Å²) in [6, 6.07) is 4.85. The van der Waals surface area contributed by atoms with Gasteiger partial charge in [0.25, 0.3) is 0 Å². The van der Waals surface area contributed by atoms with E-state index in [1.807, 2.05) is 27.7 Å². The van der Waals surface area contributed by atoms with Crippen LogP contribution in [0.5, 0.6) is 46.0 Å². The number of nitrogens with one attached hydrogen (secondary N) is 12. The summed E-state index contributed by atoms with van der Waals surface area (Å²) in [4.78, 5) is 139. The summed E-state index contributed by atoms with van der Waals surface area (Å²) in [5.41, 5.74) is 5.89. The summed E-state index contributed by atoms with van der Waals surface area (Å²) in [7, 11) is 1.50. The van der Waals surface area contributed by atoms with Crippen LogP contribution in [0.3, 0.4) is 0 Å². The number of aryl methyl sites for hydroxylation is 1. The number of aliphatic hydroxyl groups is 5. The highest BCUT2D eigenvalue weighted by atomic mass is 35.5. The second-order valence-corrected chi connectivity index (χ2v) is 33.0. The summed E-state index contributed by atoms with van der Waals surface area (Å²) in [6.07, 6.45) is -6.47. The number of fused-ring (bicyclic) bond motifs is 15. The number of halogens is 1. The third kappa shape index (κ3) is 19.1. The average Bonchev–Trinajstić information content (AvgIpc) is 0.753. The Balaban J connectivity index is 0.980. The second kappa shape index (κ2) is 37.3. The fourth-order valence-corrected chi connectivity index (χ4v) is 17.7. The fourth-order valence-electron chi connectivity index (χ4n) is 17.4. The highest BCUT2D eigenvalue weighted by molar-refractivity contribution is 6.32. The van der Waals surface area contributed by atoms with Crippen molar-refractivity contribution in [1.29, 1.82) is 0 Å². The average molecular weight is 1680 g/mol. The smallest absolute Gasteiger partial charge is 0.325 e. The number of rotatable bonds is 21. The van der Waals surface area contributed by atoms with Gasteiger partial charge in [0, 0.05) is 48.6 Å². The van der Waals surface area contributed by atoms with Crippen LogP contribution >= 0.6 is 11.6 Å². The number of hydrogen-bond donors (Lipinski definition) is 21. The third-order valence-electron chi connectivity index (χ3n) is 23.4. The van der Waals surface area contributed by atoms with Crippen molar-refractivity contribution in [2.24, 2.45) is 35.3 Å². The maximum absolute atomic E-state index is 16.5. The van der Waals surface area contributed by atoms with Gasteiger partial charge in [-0.1, -0.05) is 70.3 Å². The lowest BCUT2D eigenvalue weighted by molar-refractivity contribution is -0.270. The van der Waals surface area contributed by atoms with Gasteiger partial charge >= 0.3 is 6.03 Å². The number of carbonyl (C=O) groups is 9. The molecule has 4 saturated carbocycles.